The number of nitrogens with zero attached hydrogens (tertiary/aromatic N) is 1. The van der Waals surface area contributed by atoms with Gasteiger partial charge >= 0.3 is 5.97 Å². The second-order valence-electron chi connectivity index (χ2n) is 2.74. The highest BCUT2D eigenvalue weighted by molar-refractivity contribution is 5.71. The minimum absolute atomic E-state index is 0.00565. The number of carboxylic acids is 1. The van der Waals surface area contributed by atoms with Gasteiger partial charge < -0.3 is 10.3 Å². The smallest absolute Gasteiger partial charge is 0.307 e. The summed E-state index contributed by atoms with van der Waals surface area (Å²) in [6.07, 6.45) is 0. The third-order valence-electron chi connectivity index (χ3n) is 2.03. The van der Waals surface area contributed by atoms with Crippen molar-refractivity contribution in [2.75, 3.05) is 0 Å². The first-order chi connectivity index (χ1) is 4.55. The summed E-state index contributed by atoms with van der Waals surface area (Å²) in [7, 11) is 0. The standard InChI is InChI=1S/C6H11NO3/c1-3(6(8)9)5-4(2)7(5)10/h3-5,10H,1-2H3,(H,8,9). The molecular weight excluding hydrogens is 134 g/mol. The van der Waals surface area contributed by atoms with Crippen LogP contribution in [0.4, 0.5) is 0 Å². The molecule has 0 bridgehead atoms. The molecule has 4 unspecified atom stereocenters. The molecule has 10 heavy (non-hydrogen) atoms. The summed E-state index contributed by atoms with van der Waals surface area (Å²) in [5.74, 6) is -1.33. The van der Waals surface area contributed by atoms with Gasteiger partial charge in [0.05, 0.1) is 18.0 Å². The van der Waals surface area contributed by atoms with Crippen LogP contribution in [-0.2, 0) is 4.79 Å². The summed E-state index contributed by atoms with van der Waals surface area (Å²) in [6, 6.07) is -0.177. The lowest BCUT2D eigenvalue weighted by molar-refractivity contribution is -0.142. The average molecular weight is 145 g/mol. The van der Waals surface area contributed by atoms with Crippen LogP contribution in [0.1, 0.15) is 13.8 Å². The molecule has 0 spiro atoms. The lowest BCUT2D eigenvalue weighted by Gasteiger charge is -2.00. The van der Waals surface area contributed by atoms with Crippen LogP contribution < -0.4 is 0 Å². The zero-order valence-electron chi connectivity index (χ0n) is 5.98. The molecule has 1 rings (SSSR count). The fourth-order valence-corrected chi connectivity index (χ4v) is 1.15. The normalized spacial score (nSPS) is 40.9. The molecule has 0 radical (unpaired) electrons. The number of hydroxylamine groups is 2. The van der Waals surface area contributed by atoms with Gasteiger partial charge in [-0.3, -0.25) is 4.79 Å². The maximum Gasteiger partial charge on any atom is 0.307 e. The van der Waals surface area contributed by atoms with Gasteiger partial charge in [0.2, 0.25) is 0 Å². The van der Waals surface area contributed by atoms with Gasteiger partial charge in [-0.1, -0.05) is 6.92 Å². The molecule has 1 fully saturated rings. The molecule has 0 saturated carbocycles. The average Bonchev–Trinajstić information content (AvgIpc) is 2.40. The summed E-state index contributed by atoms with van der Waals surface area (Å²) in [4.78, 5) is 10.3. The molecule has 1 heterocycles. The van der Waals surface area contributed by atoms with Crippen molar-refractivity contribution < 1.29 is 15.1 Å². The van der Waals surface area contributed by atoms with E-state index in [4.69, 9.17) is 10.3 Å². The molecular formula is C6H11NO3. The number of carboxylic acid groups (broad SMARTS) is 1. The van der Waals surface area contributed by atoms with Crippen molar-refractivity contribution in [3.8, 4) is 0 Å². The molecule has 1 saturated heterocycles. The van der Waals surface area contributed by atoms with Gasteiger partial charge in [-0.15, -0.1) is 0 Å². The van der Waals surface area contributed by atoms with Gasteiger partial charge in [-0.05, 0) is 6.92 Å². The summed E-state index contributed by atoms with van der Waals surface area (Å²) in [5, 5.41) is 18.4. The van der Waals surface area contributed by atoms with E-state index in [0.29, 0.717) is 0 Å². The van der Waals surface area contributed by atoms with E-state index in [0.717, 1.165) is 5.06 Å². The molecule has 0 aromatic rings. The Bertz CT molecular complexity index is 151. The summed E-state index contributed by atoms with van der Waals surface area (Å²) >= 11 is 0. The highest BCUT2D eigenvalue weighted by Crippen LogP contribution is 2.31. The van der Waals surface area contributed by atoms with Crippen molar-refractivity contribution in [2.24, 2.45) is 5.92 Å². The lowest BCUT2D eigenvalue weighted by Crippen LogP contribution is -2.18. The van der Waals surface area contributed by atoms with E-state index < -0.39 is 11.9 Å². The fourth-order valence-electron chi connectivity index (χ4n) is 1.15. The quantitative estimate of drug-likeness (QED) is 0.544. The number of aliphatic carboxylic acids is 1. The van der Waals surface area contributed by atoms with Crippen molar-refractivity contribution in [3.63, 3.8) is 0 Å². The number of hydrogen-bond donors (Lipinski definition) is 2. The SMILES string of the molecule is CC(C(=O)O)C1C(C)N1O. The predicted octanol–water partition coefficient (Wildman–Crippen LogP) is 0.169. The second kappa shape index (κ2) is 2.21. The first-order valence-electron chi connectivity index (χ1n) is 3.25. The van der Waals surface area contributed by atoms with Crippen molar-refractivity contribution >= 4 is 5.97 Å². The van der Waals surface area contributed by atoms with E-state index in [9.17, 15) is 4.79 Å². The summed E-state index contributed by atoms with van der Waals surface area (Å²) in [6.45, 7) is 3.39. The molecule has 2 N–H and O–H groups in total. The highest BCUT2D eigenvalue weighted by Gasteiger charge is 2.49. The van der Waals surface area contributed by atoms with E-state index in [1.807, 2.05) is 0 Å². The van der Waals surface area contributed by atoms with Crippen LogP contribution in [-0.4, -0.2) is 33.4 Å². The van der Waals surface area contributed by atoms with Crippen molar-refractivity contribution in [3.05, 3.63) is 0 Å². The molecule has 1 aliphatic heterocycles. The largest absolute Gasteiger partial charge is 0.481 e. The first kappa shape index (κ1) is 7.50. The van der Waals surface area contributed by atoms with Crippen LogP contribution in [0, 0.1) is 5.92 Å². The molecule has 4 atom stereocenters. The number of rotatable bonds is 2. The van der Waals surface area contributed by atoms with Crippen LogP contribution in [0.5, 0.6) is 0 Å². The fraction of sp³-hybridized carbons (Fsp3) is 0.833. The Morgan fingerprint density at radius 2 is 2.10 bits per heavy atom. The van der Waals surface area contributed by atoms with Gasteiger partial charge in [0.15, 0.2) is 0 Å². The molecule has 58 valence electrons. The Morgan fingerprint density at radius 1 is 1.70 bits per heavy atom. The topological polar surface area (TPSA) is 60.5 Å². The predicted molar refractivity (Wildman–Crippen MR) is 33.7 cm³/mol. The van der Waals surface area contributed by atoms with E-state index in [2.05, 4.69) is 0 Å². The Labute approximate surface area is 59.0 Å². The van der Waals surface area contributed by atoms with E-state index in [-0.39, 0.29) is 12.1 Å². The van der Waals surface area contributed by atoms with Crippen LogP contribution in [0.15, 0.2) is 0 Å². The zero-order chi connectivity index (χ0) is 7.89. The van der Waals surface area contributed by atoms with Gasteiger partial charge in [0.25, 0.3) is 0 Å². The molecule has 0 aromatic carbocycles. The van der Waals surface area contributed by atoms with Crippen LogP contribution in [0.2, 0.25) is 0 Å². The maximum atomic E-state index is 10.3. The molecule has 1 aliphatic rings. The van der Waals surface area contributed by atoms with E-state index in [1.54, 1.807) is 13.8 Å². The number of hydrogen-bond acceptors (Lipinski definition) is 3. The third kappa shape index (κ3) is 0.998. The molecule has 0 amide bonds. The summed E-state index contributed by atoms with van der Waals surface area (Å²) in [5.41, 5.74) is 0. The summed E-state index contributed by atoms with van der Waals surface area (Å²) < 4.78 is 0. The van der Waals surface area contributed by atoms with Crippen LogP contribution >= 0.6 is 0 Å². The minimum atomic E-state index is -0.853. The number of carbonyl (C=O) groups is 1. The van der Waals surface area contributed by atoms with Crippen molar-refractivity contribution in [2.45, 2.75) is 25.9 Å². The molecule has 4 nitrogen and oxygen atoms in total. The van der Waals surface area contributed by atoms with Crippen LogP contribution in [0.25, 0.3) is 0 Å². The van der Waals surface area contributed by atoms with Crippen molar-refractivity contribution in [1.82, 2.24) is 5.06 Å². The monoisotopic (exact) mass is 145 g/mol. The van der Waals surface area contributed by atoms with E-state index >= 15 is 0 Å². The Hall–Kier alpha value is -0.610. The van der Waals surface area contributed by atoms with Gasteiger partial charge in [-0.2, -0.15) is 5.06 Å². The van der Waals surface area contributed by atoms with Gasteiger partial charge in [0, 0.05) is 0 Å². The van der Waals surface area contributed by atoms with E-state index in [1.165, 1.54) is 0 Å². The minimum Gasteiger partial charge on any atom is -0.481 e. The Balaban J connectivity index is 2.45. The molecule has 0 aliphatic carbocycles. The van der Waals surface area contributed by atoms with Gasteiger partial charge in [0.1, 0.15) is 0 Å². The maximum absolute atomic E-state index is 10.3. The second-order valence-corrected chi connectivity index (χ2v) is 2.74. The zero-order valence-corrected chi connectivity index (χ0v) is 5.98. The third-order valence-corrected chi connectivity index (χ3v) is 2.03. The Kier molecular flexibility index (Phi) is 1.66. The van der Waals surface area contributed by atoms with Gasteiger partial charge in [-0.25, -0.2) is 0 Å². The van der Waals surface area contributed by atoms with Crippen molar-refractivity contribution in [1.29, 1.82) is 0 Å². The molecule has 4 heteroatoms. The first-order valence-corrected chi connectivity index (χ1v) is 3.25. The molecule has 0 aromatic heterocycles. The highest BCUT2D eigenvalue weighted by atomic mass is 16.5. The lowest BCUT2D eigenvalue weighted by atomic mass is 10.1. The van der Waals surface area contributed by atoms with Crippen LogP contribution in [0.3, 0.4) is 0 Å². The Morgan fingerprint density at radius 3 is 2.20 bits per heavy atom.